The fourth-order valence-corrected chi connectivity index (χ4v) is 3.77. The van der Waals surface area contributed by atoms with Gasteiger partial charge in [0.1, 0.15) is 5.82 Å². The minimum absolute atomic E-state index is 0.0631. The van der Waals surface area contributed by atoms with E-state index in [-0.39, 0.29) is 5.56 Å². The van der Waals surface area contributed by atoms with E-state index in [2.05, 4.69) is 20.9 Å². The molecule has 3 aromatic rings. The van der Waals surface area contributed by atoms with Crippen LogP contribution in [0.15, 0.2) is 47.5 Å². The number of pyridine rings is 1. The van der Waals surface area contributed by atoms with E-state index < -0.39 is 0 Å². The maximum atomic E-state index is 12.6. The number of benzene rings is 1. The Morgan fingerprint density at radius 2 is 2.00 bits per heavy atom. The Hall–Kier alpha value is -3.19. The van der Waals surface area contributed by atoms with Gasteiger partial charge in [0.2, 0.25) is 0 Å². The Kier molecular flexibility index (Phi) is 6.09. The number of nitrogens with zero attached hydrogens (tertiary/aromatic N) is 3. The number of hydrogen-bond acceptors (Lipinski definition) is 6. The Bertz CT molecular complexity index is 1070. The minimum Gasteiger partial charge on any atom is -0.490 e. The highest BCUT2D eigenvalue weighted by molar-refractivity contribution is 5.53. The fourth-order valence-electron chi connectivity index (χ4n) is 3.77. The van der Waals surface area contributed by atoms with Crippen LogP contribution in [0.2, 0.25) is 0 Å². The maximum absolute atomic E-state index is 12.6. The molecule has 1 N–H and O–H groups in total. The first-order valence-electron chi connectivity index (χ1n) is 10.3. The number of rotatable bonds is 7. The van der Waals surface area contributed by atoms with Crippen LogP contribution >= 0.6 is 0 Å². The van der Waals surface area contributed by atoms with E-state index >= 15 is 0 Å². The topological polar surface area (TPSA) is 80.3 Å². The van der Waals surface area contributed by atoms with Crippen molar-refractivity contribution in [2.75, 3.05) is 19.8 Å². The van der Waals surface area contributed by atoms with Crippen LogP contribution in [0.5, 0.6) is 11.5 Å². The van der Waals surface area contributed by atoms with Gasteiger partial charge in [0.05, 0.1) is 18.9 Å². The van der Waals surface area contributed by atoms with Crippen molar-refractivity contribution in [1.82, 2.24) is 19.9 Å². The van der Waals surface area contributed by atoms with Gasteiger partial charge in [-0.15, -0.1) is 0 Å². The van der Waals surface area contributed by atoms with Crippen LogP contribution in [-0.4, -0.2) is 39.6 Å². The van der Waals surface area contributed by atoms with Gasteiger partial charge in [-0.25, -0.2) is 4.98 Å². The first kappa shape index (κ1) is 20.1. The Labute approximate surface area is 175 Å². The van der Waals surface area contributed by atoms with Crippen molar-refractivity contribution in [2.24, 2.45) is 0 Å². The first-order chi connectivity index (χ1) is 14.7. The third kappa shape index (κ3) is 4.21. The molecule has 0 bridgehead atoms. The van der Waals surface area contributed by atoms with Crippen LogP contribution < -0.4 is 15.0 Å². The summed E-state index contributed by atoms with van der Waals surface area (Å²) in [5.41, 5.74) is 3.41. The zero-order chi connectivity index (χ0) is 20.9. The zero-order valence-electron chi connectivity index (χ0n) is 17.4. The predicted octanol–water partition coefficient (Wildman–Crippen LogP) is 3.19. The van der Waals surface area contributed by atoms with E-state index in [1.54, 1.807) is 12.4 Å². The van der Waals surface area contributed by atoms with Crippen LogP contribution in [-0.2, 0) is 19.5 Å². The van der Waals surface area contributed by atoms with Crippen molar-refractivity contribution in [3.05, 3.63) is 69.9 Å². The number of ether oxygens (including phenoxy) is 2. The maximum Gasteiger partial charge on any atom is 0.254 e. The van der Waals surface area contributed by atoms with Gasteiger partial charge in [0, 0.05) is 48.7 Å². The number of para-hydroxylation sites is 1. The second-order valence-corrected chi connectivity index (χ2v) is 7.15. The molecule has 3 heterocycles. The minimum atomic E-state index is -0.0631. The lowest BCUT2D eigenvalue weighted by Gasteiger charge is -2.28. The lowest BCUT2D eigenvalue weighted by Crippen LogP contribution is -2.35. The molecule has 2 aromatic heterocycles. The van der Waals surface area contributed by atoms with Gasteiger partial charge in [-0.3, -0.25) is 14.7 Å². The van der Waals surface area contributed by atoms with Crippen LogP contribution in [0.3, 0.4) is 0 Å². The number of nitrogens with one attached hydrogen (secondary N) is 1. The lowest BCUT2D eigenvalue weighted by molar-refractivity contribution is 0.231. The van der Waals surface area contributed by atoms with Gasteiger partial charge in [0.15, 0.2) is 11.5 Å². The van der Waals surface area contributed by atoms with Crippen LogP contribution in [0.1, 0.15) is 30.7 Å². The van der Waals surface area contributed by atoms with Crippen molar-refractivity contribution >= 4 is 0 Å². The molecule has 0 unspecified atom stereocenters. The molecule has 0 spiro atoms. The standard InChI is InChI=1S/C23H26N4O3/c1-3-29-20-9-5-7-17(21(20)30-4-2)14-27-12-10-18-19(15-27)25-22(26-23(18)28)16-8-6-11-24-13-16/h5-9,11,13H,3-4,10,12,14-15H2,1-2H3,(H,25,26,28). The average Bonchev–Trinajstić information content (AvgIpc) is 2.76. The second-order valence-electron chi connectivity index (χ2n) is 7.15. The molecule has 0 saturated carbocycles. The molecule has 4 rings (SSSR count). The summed E-state index contributed by atoms with van der Waals surface area (Å²) in [5.74, 6) is 2.12. The van der Waals surface area contributed by atoms with Gasteiger partial charge in [-0.1, -0.05) is 12.1 Å². The van der Waals surface area contributed by atoms with E-state index in [0.29, 0.717) is 38.5 Å². The van der Waals surface area contributed by atoms with E-state index in [1.165, 1.54) is 0 Å². The summed E-state index contributed by atoms with van der Waals surface area (Å²) in [4.78, 5) is 26.7. The zero-order valence-corrected chi connectivity index (χ0v) is 17.4. The molecule has 0 atom stereocenters. The molecule has 0 saturated heterocycles. The number of hydrogen-bond donors (Lipinski definition) is 1. The first-order valence-corrected chi connectivity index (χ1v) is 10.3. The summed E-state index contributed by atoms with van der Waals surface area (Å²) < 4.78 is 11.6. The van der Waals surface area contributed by atoms with Gasteiger partial charge < -0.3 is 14.5 Å². The van der Waals surface area contributed by atoms with E-state index in [1.807, 2.05) is 38.1 Å². The molecule has 0 aliphatic carbocycles. The average molecular weight is 406 g/mol. The normalized spacial score (nSPS) is 13.7. The molecule has 1 aliphatic heterocycles. The van der Waals surface area contributed by atoms with Crippen molar-refractivity contribution < 1.29 is 9.47 Å². The molecule has 1 aliphatic rings. The van der Waals surface area contributed by atoms with E-state index in [0.717, 1.165) is 40.4 Å². The highest BCUT2D eigenvalue weighted by atomic mass is 16.5. The summed E-state index contributed by atoms with van der Waals surface area (Å²) in [6.07, 6.45) is 4.08. The largest absolute Gasteiger partial charge is 0.490 e. The van der Waals surface area contributed by atoms with Crippen LogP contribution in [0, 0.1) is 0 Å². The number of fused-ring (bicyclic) bond motifs is 1. The summed E-state index contributed by atoms with van der Waals surface area (Å²) in [7, 11) is 0. The SMILES string of the molecule is CCOc1cccc(CN2CCc3c(nc(-c4cccnc4)[nH]c3=O)C2)c1OCC. The molecule has 0 radical (unpaired) electrons. The highest BCUT2D eigenvalue weighted by Gasteiger charge is 2.23. The molecule has 0 fully saturated rings. The Balaban J connectivity index is 1.60. The molecular formula is C23H26N4O3. The molecule has 7 heteroatoms. The summed E-state index contributed by atoms with van der Waals surface area (Å²) in [6.45, 7) is 7.19. The molecule has 0 amide bonds. The van der Waals surface area contributed by atoms with Crippen molar-refractivity contribution in [3.63, 3.8) is 0 Å². The summed E-state index contributed by atoms with van der Waals surface area (Å²) in [5, 5.41) is 0. The van der Waals surface area contributed by atoms with E-state index in [4.69, 9.17) is 14.5 Å². The van der Waals surface area contributed by atoms with Gasteiger partial charge >= 0.3 is 0 Å². The third-order valence-corrected chi connectivity index (χ3v) is 5.13. The summed E-state index contributed by atoms with van der Waals surface area (Å²) >= 11 is 0. The van der Waals surface area contributed by atoms with E-state index in [9.17, 15) is 4.79 Å². The monoisotopic (exact) mass is 406 g/mol. The number of H-pyrrole nitrogens is 1. The van der Waals surface area contributed by atoms with Crippen molar-refractivity contribution in [3.8, 4) is 22.9 Å². The third-order valence-electron chi connectivity index (χ3n) is 5.13. The smallest absolute Gasteiger partial charge is 0.254 e. The second kappa shape index (κ2) is 9.09. The quantitative estimate of drug-likeness (QED) is 0.649. The Morgan fingerprint density at radius 3 is 2.77 bits per heavy atom. The van der Waals surface area contributed by atoms with Crippen LogP contribution in [0.25, 0.3) is 11.4 Å². The number of aromatic nitrogens is 3. The highest BCUT2D eigenvalue weighted by Crippen LogP contribution is 2.33. The fraction of sp³-hybridized carbons (Fsp3) is 0.348. The van der Waals surface area contributed by atoms with Gasteiger partial charge in [0.25, 0.3) is 5.56 Å². The molecule has 1 aromatic carbocycles. The Morgan fingerprint density at radius 1 is 1.13 bits per heavy atom. The molecular weight excluding hydrogens is 380 g/mol. The van der Waals surface area contributed by atoms with Crippen LogP contribution in [0.4, 0.5) is 0 Å². The van der Waals surface area contributed by atoms with Gasteiger partial charge in [-0.2, -0.15) is 0 Å². The van der Waals surface area contributed by atoms with Crippen molar-refractivity contribution in [2.45, 2.75) is 33.4 Å². The summed E-state index contributed by atoms with van der Waals surface area (Å²) in [6, 6.07) is 9.72. The molecule has 30 heavy (non-hydrogen) atoms. The lowest BCUT2D eigenvalue weighted by atomic mass is 10.0. The molecule has 156 valence electrons. The number of aromatic amines is 1. The van der Waals surface area contributed by atoms with Gasteiger partial charge in [-0.05, 0) is 38.5 Å². The van der Waals surface area contributed by atoms with Crippen molar-refractivity contribution in [1.29, 1.82) is 0 Å². The predicted molar refractivity (Wildman–Crippen MR) is 115 cm³/mol. The molecule has 7 nitrogen and oxygen atoms in total.